The lowest BCUT2D eigenvalue weighted by atomic mass is 9.95. The first-order valence-corrected chi connectivity index (χ1v) is 8.14. The van der Waals surface area contributed by atoms with E-state index in [0.29, 0.717) is 6.04 Å². The molecule has 3 heteroatoms. The Balaban J connectivity index is 2.03. The Bertz CT molecular complexity index is 386. The molecule has 3 nitrogen and oxygen atoms in total. The van der Waals surface area contributed by atoms with E-state index in [2.05, 4.69) is 54.3 Å². The van der Waals surface area contributed by atoms with Gasteiger partial charge in [0, 0.05) is 25.3 Å². The molecule has 1 aromatic heterocycles. The van der Waals surface area contributed by atoms with Crippen molar-refractivity contribution in [3.05, 3.63) is 23.9 Å². The van der Waals surface area contributed by atoms with E-state index in [-0.39, 0.29) is 0 Å². The zero-order chi connectivity index (χ0) is 14.4. The van der Waals surface area contributed by atoms with Crippen LogP contribution in [0.1, 0.15) is 58.1 Å². The SMILES string of the molecule is CCCNc1ccc([C@@H]2CCCCN2CC(C)C)cn1. The van der Waals surface area contributed by atoms with Gasteiger partial charge >= 0.3 is 0 Å². The molecular weight excluding hydrogens is 246 g/mol. The molecule has 0 radical (unpaired) electrons. The highest BCUT2D eigenvalue weighted by Gasteiger charge is 2.24. The van der Waals surface area contributed by atoms with Crippen LogP contribution >= 0.6 is 0 Å². The lowest BCUT2D eigenvalue weighted by Crippen LogP contribution is -2.36. The van der Waals surface area contributed by atoms with E-state index in [4.69, 9.17) is 0 Å². The molecule has 0 saturated carbocycles. The number of hydrogen-bond donors (Lipinski definition) is 1. The van der Waals surface area contributed by atoms with Crippen molar-refractivity contribution >= 4 is 5.82 Å². The minimum absolute atomic E-state index is 0.568. The fourth-order valence-electron chi connectivity index (χ4n) is 3.02. The molecule has 2 rings (SSSR count). The predicted molar refractivity (Wildman–Crippen MR) is 86.0 cm³/mol. The largest absolute Gasteiger partial charge is 0.370 e. The van der Waals surface area contributed by atoms with E-state index in [1.807, 2.05) is 0 Å². The average molecular weight is 275 g/mol. The third-order valence-electron chi connectivity index (χ3n) is 3.94. The Labute approximate surface area is 123 Å². The molecule has 1 saturated heterocycles. The molecule has 0 aromatic carbocycles. The fraction of sp³-hybridized carbons (Fsp3) is 0.706. The van der Waals surface area contributed by atoms with Crippen molar-refractivity contribution in [2.24, 2.45) is 5.92 Å². The summed E-state index contributed by atoms with van der Waals surface area (Å²) < 4.78 is 0. The van der Waals surface area contributed by atoms with Crippen LogP contribution in [0.3, 0.4) is 0 Å². The minimum Gasteiger partial charge on any atom is -0.370 e. The number of hydrogen-bond acceptors (Lipinski definition) is 3. The van der Waals surface area contributed by atoms with Gasteiger partial charge in [0.05, 0.1) is 0 Å². The second-order valence-corrected chi connectivity index (χ2v) is 6.30. The Morgan fingerprint density at radius 2 is 2.20 bits per heavy atom. The van der Waals surface area contributed by atoms with E-state index in [1.54, 1.807) is 0 Å². The summed E-state index contributed by atoms with van der Waals surface area (Å²) in [5, 5.41) is 3.34. The van der Waals surface area contributed by atoms with E-state index in [0.717, 1.165) is 24.7 Å². The number of pyridine rings is 1. The molecular formula is C17H29N3. The molecule has 1 aliphatic heterocycles. The van der Waals surface area contributed by atoms with Crippen molar-refractivity contribution in [1.29, 1.82) is 0 Å². The zero-order valence-electron chi connectivity index (χ0n) is 13.2. The Kier molecular flexibility index (Phi) is 5.84. The van der Waals surface area contributed by atoms with Gasteiger partial charge in [-0.15, -0.1) is 0 Å². The van der Waals surface area contributed by atoms with Crippen LogP contribution in [-0.2, 0) is 0 Å². The van der Waals surface area contributed by atoms with E-state index in [9.17, 15) is 0 Å². The van der Waals surface area contributed by atoms with Gasteiger partial charge in [0.25, 0.3) is 0 Å². The monoisotopic (exact) mass is 275 g/mol. The number of anilines is 1. The first kappa shape index (κ1) is 15.3. The third kappa shape index (κ3) is 4.20. The lowest BCUT2D eigenvalue weighted by molar-refractivity contribution is 0.132. The van der Waals surface area contributed by atoms with Crippen molar-refractivity contribution < 1.29 is 0 Å². The standard InChI is InChI=1S/C17H29N3/c1-4-10-18-17-9-8-15(12-19-17)16-7-5-6-11-20(16)13-14(2)3/h8-9,12,14,16H,4-7,10-11,13H2,1-3H3,(H,18,19)/t16-/m0/s1. The van der Waals surface area contributed by atoms with Crippen molar-refractivity contribution in [3.63, 3.8) is 0 Å². The van der Waals surface area contributed by atoms with Crippen LogP contribution < -0.4 is 5.32 Å². The summed E-state index contributed by atoms with van der Waals surface area (Å²) in [6.07, 6.45) is 7.16. The first-order valence-electron chi connectivity index (χ1n) is 8.14. The molecule has 1 aromatic rings. The second kappa shape index (κ2) is 7.63. The van der Waals surface area contributed by atoms with Gasteiger partial charge in [-0.3, -0.25) is 4.90 Å². The summed E-state index contributed by atoms with van der Waals surface area (Å²) >= 11 is 0. The Hall–Kier alpha value is -1.09. The van der Waals surface area contributed by atoms with Gasteiger partial charge in [-0.2, -0.15) is 0 Å². The number of nitrogens with zero attached hydrogens (tertiary/aromatic N) is 2. The van der Waals surface area contributed by atoms with E-state index in [1.165, 1.54) is 37.9 Å². The zero-order valence-corrected chi connectivity index (χ0v) is 13.2. The molecule has 112 valence electrons. The van der Waals surface area contributed by atoms with Crippen LogP contribution in [0.25, 0.3) is 0 Å². The Morgan fingerprint density at radius 1 is 1.35 bits per heavy atom. The van der Waals surface area contributed by atoms with E-state index < -0.39 is 0 Å². The summed E-state index contributed by atoms with van der Waals surface area (Å²) in [5.74, 6) is 1.73. The summed E-state index contributed by atoms with van der Waals surface area (Å²) in [4.78, 5) is 7.21. The van der Waals surface area contributed by atoms with Gasteiger partial charge < -0.3 is 5.32 Å². The minimum atomic E-state index is 0.568. The lowest BCUT2D eigenvalue weighted by Gasteiger charge is -2.37. The number of aromatic nitrogens is 1. The van der Waals surface area contributed by atoms with Gasteiger partial charge in [-0.1, -0.05) is 33.3 Å². The first-order chi connectivity index (χ1) is 9.70. The number of rotatable bonds is 6. The summed E-state index contributed by atoms with van der Waals surface area (Å²) in [6.45, 7) is 10.2. The molecule has 0 aliphatic carbocycles. The molecule has 2 heterocycles. The van der Waals surface area contributed by atoms with Gasteiger partial charge in [0.2, 0.25) is 0 Å². The Morgan fingerprint density at radius 3 is 2.85 bits per heavy atom. The quantitative estimate of drug-likeness (QED) is 0.847. The topological polar surface area (TPSA) is 28.2 Å². The van der Waals surface area contributed by atoms with Gasteiger partial charge in [0.15, 0.2) is 0 Å². The molecule has 1 aliphatic rings. The summed E-state index contributed by atoms with van der Waals surface area (Å²) in [6, 6.07) is 4.96. The molecule has 0 bridgehead atoms. The fourth-order valence-corrected chi connectivity index (χ4v) is 3.02. The van der Waals surface area contributed by atoms with E-state index >= 15 is 0 Å². The number of nitrogens with one attached hydrogen (secondary N) is 1. The summed E-state index contributed by atoms with van der Waals surface area (Å²) in [5.41, 5.74) is 1.38. The molecule has 0 spiro atoms. The van der Waals surface area contributed by atoms with Crippen LogP contribution in [0.2, 0.25) is 0 Å². The van der Waals surface area contributed by atoms with Gasteiger partial charge in [0.1, 0.15) is 5.82 Å². The second-order valence-electron chi connectivity index (χ2n) is 6.30. The van der Waals surface area contributed by atoms with Crippen LogP contribution in [-0.4, -0.2) is 29.5 Å². The highest BCUT2D eigenvalue weighted by molar-refractivity contribution is 5.36. The van der Waals surface area contributed by atoms with Gasteiger partial charge in [-0.25, -0.2) is 4.98 Å². The normalized spacial score (nSPS) is 20.3. The van der Waals surface area contributed by atoms with Gasteiger partial charge in [-0.05, 0) is 43.4 Å². The van der Waals surface area contributed by atoms with Crippen LogP contribution in [0, 0.1) is 5.92 Å². The van der Waals surface area contributed by atoms with Crippen LogP contribution in [0.5, 0.6) is 0 Å². The third-order valence-corrected chi connectivity index (χ3v) is 3.94. The van der Waals surface area contributed by atoms with Crippen molar-refractivity contribution in [2.45, 2.75) is 52.5 Å². The molecule has 1 N–H and O–H groups in total. The van der Waals surface area contributed by atoms with Crippen molar-refractivity contribution in [3.8, 4) is 0 Å². The molecule has 0 amide bonds. The molecule has 1 fully saturated rings. The average Bonchev–Trinajstić information content (AvgIpc) is 2.46. The smallest absolute Gasteiger partial charge is 0.125 e. The van der Waals surface area contributed by atoms with Crippen LogP contribution in [0.4, 0.5) is 5.82 Å². The molecule has 20 heavy (non-hydrogen) atoms. The summed E-state index contributed by atoms with van der Waals surface area (Å²) in [7, 11) is 0. The number of piperidine rings is 1. The molecule has 0 unspecified atom stereocenters. The van der Waals surface area contributed by atoms with Crippen molar-refractivity contribution in [1.82, 2.24) is 9.88 Å². The van der Waals surface area contributed by atoms with Crippen LogP contribution in [0.15, 0.2) is 18.3 Å². The maximum Gasteiger partial charge on any atom is 0.125 e. The molecule has 1 atom stereocenters. The predicted octanol–water partition coefficient (Wildman–Crippen LogP) is 4.09. The maximum atomic E-state index is 4.57. The highest BCUT2D eigenvalue weighted by atomic mass is 15.2. The maximum absolute atomic E-state index is 4.57. The van der Waals surface area contributed by atoms with Crippen molar-refractivity contribution in [2.75, 3.05) is 25.0 Å². The number of likely N-dealkylation sites (tertiary alicyclic amines) is 1. The highest BCUT2D eigenvalue weighted by Crippen LogP contribution is 2.31.